The molecular weight excluding hydrogens is 432 g/mol. The maximum absolute atomic E-state index is 13.4. The molecule has 0 aromatic rings. The Hall–Kier alpha value is -1.24. The van der Waals surface area contributed by atoms with Crippen LogP contribution < -0.4 is 0 Å². The summed E-state index contributed by atoms with van der Waals surface area (Å²) in [5, 5.41) is 23.0. The minimum atomic E-state index is -0.930. The monoisotopic (exact) mass is 472 g/mol. The minimum absolute atomic E-state index is 0.0636. The second kappa shape index (κ2) is 7.17. The van der Waals surface area contributed by atoms with Crippen LogP contribution in [0.5, 0.6) is 0 Å². The first-order valence-electron chi connectivity index (χ1n) is 13.5. The van der Waals surface area contributed by atoms with Crippen LogP contribution >= 0.6 is 0 Å². The Morgan fingerprint density at radius 3 is 2.56 bits per heavy atom. The predicted octanol–water partition coefficient (Wildman–Crippen LogP) is 3.72. The molecule has 0 aromatic carbocycles. The molecule has 0 aromatic heterocycles. The van der Waals surface area contributed by atoms with Crippen LogP contribution in [0.15, 0.2) is 11.1 Å². The molecule has 5 fully saturated rings. The van der Waals surface area contributed by atoms with Gasteiger partial charge in [-0.15, -0.1) is 0 Å². The van der Waals surface area contributed by atoms with Gasteiger partial charge in [-0.05, 0) is 82.0 Å². The molecule has 34 heavy (non-hydrogen) atoms. The summed E-state index contributed by atoms with van der Waals surface area (Å²) in [7, 11) is 0. The largest absolute Gasteiger partial charge is 0.458 e. The van der Waals surface area contributed by atoms with Gasteiger partial charge in [0, 0.05) is 24.3 Å². The number of ketones is 1. The van der Waals surface area contributed by atoms with Crippen molar-refractivity contribution in [3.05, 3.63) is 11.1 Å². The number of aliphatic hydroxyl groups excluding tert-OH is 1. The fourth-order valence-electron chi connectivity index (χ4n) is 9.88. The van der Waals surface area contributed by atoms with Crippen molar-refractivity contribution < 1.29 is 29.3 Å². The van der Waals surface area contributed by atoms with Crippen molar-refractivity contribution in [2.75, 3.05) is 6.61 Å². The highest BCUT2D eigenvalue weighted by molar-refractivity contribution is 5.90. The minimum Gasteiger partial charge on any atom is -0.458 e. The van der Waals surface area contributed by atoms with Crippen molar-refractivity contribution >= 4 is 11.8 Å². The number of aliphatic hydroxyl groups is 2. The lowest BCUT2D eigenvalue weighted by Crippen LogP contribution is -2.65. The summed E-state index contributed by atoms with van der Waals surface area (Å²) >= 11 is 0. The van der Waals surface area contributed by atoms with Crippen LogP contribution in [0.25, 0.3) is 0 Å². The fraction of sp³-hybridized carbons (Fsp3) is 0.857. The van der Waals surface area contributed by atoms with E-state index in [2.05, 4.69) is 13.8 Å². The Morgan fingerprint density at radius 1 is 1.12 bits per heavy atom. The Bertz CT molecular complexity index is 972. The summed E-state index contributed by atoms with van der Waals surface area (Å²) in [5.41, 5.74) is -0.700. The van der Waals surface area contributed by atoms with Crippen LogP contribution in [0.3, 0.4) is 0 Å². The van der Waals surface area contributed by atoms with E-state index in [4.69, 9.17) is 9.47 Å². The molecule has 188 valence electrons. The lowest BCUT2D eigenvalue weighted by atomic mass is 9.43. The lowest BCUT2D eigenvalue weighted by molar-refractivity contribution is -0.191. The summed E-state index contributed by atoms with van der Waals surface area (Å²) in [6, 6.07) is 0. The van der Waals surface area contributed by atoms with Gasteiger partial charge in [0.2, 0.25) is 0 Å². The SMILES string of the molecule is CC1=C(C)C(=O)O[C@@H]([C@H](C)[C@@]2(O)CC[C@H]3[C@@H]4C[C@H]5O[C@]56CCCC(=O)[C@]6(CO)[C@H]4CC[C@]32C)C1. The van der Waals surface area contributed by atoms with E-state index in [-0.39, 0.29) is 59.7 Å². The van der Waals surface area contributed by atoms with Crippen molar-refractivity contribution in [1.29, 1.82) is 0 Å². The normalized spacial score (nSPS) is 52.8. The van der Waals surface area contributed by atoms with Gasteiger partial charge >= 0.3 is 5.97 Å². The van der Waals surface area contributed by atoms with E-state index in [0.717, 1.165) is 44.1 Å². The quantitative estimate of drug-likeness (QED) is 0.480. The first-order chi connectivity index (χ1) is 16.1. The number of esters is 1. The van der Waals surface area contributed by atoms with Gasteiger partial charge in [-0.2, -0.15) is 0 Å². The third kappa shape index (κ3) is 2.53. The van der Waals surface area contributed by atoms with Gasteiger partial charge in [-0.3, -0.25) is 4.79 Å². The van der Waals surface area contributed by atoms with E-state index < -0.39 is 16.6 Å². The van der Waals surface area contributed by atoms with Crippen molar-refractivity contribution in [1.82, 2.24) is 0 Å². The zero-order chi connectivity index (χ0) is 24.3. The van der Waals surface area contributed by atoms with Gasteiger partial charge in [0.25, 0.3) is 0 Å². The van der Waals surface area contributed by atoms with E-state index in [1.165, 1.54) is 0 Å². The molecule has 6 heteroatoms. The number of ether oxygens (including phenoxy) is 2. The molecule has 0 unspecified atom stereocenters. The number of hydrogen-bond donors (Lipinski definition) is 2. The third-order valence-corrected chi connectivity index (χ3v) is 12.1. The topological polar surface area (TPSA) is 96.4 Å². The molecule has 0 radical (unpaired) electrons. The highest BCUT2D eigenvalue weighted by atomic mass is 16.6. The van der Waals surface area contributed by atoms with Gasteiger partial charge < -0.3 is 19.7 Å². The van der Waals surface area contributed by atoms with Crippen molar-refractivity contribution in [2.45, 2.75) is 109 Å². The average molecular weight is 473 g/mol. The van der Waals surface area contributed by atoms with Crippen molar-refractivity contribution in [3.63, 3.8) is 0 Å². The highest BCUT2D eigenvalue weighted by Gasteiger charge is 2.80. The summed E-state index contributed by atoms with van der Waals surface area (Å²) < 4.78 is 12.2. The van der Waals surface area contributed by atoms with Crippen LogP contribution in [0.2, 0.25) is 0 Å². The second-order valence-electron chi connectivity index (χ2n) is 12.8. The molecular formula is C28H40O6. The Kier molecular flexibility index (Phi) is 4.88. The number of rotatable bonds is 3. The Balaban J connectivity index is 1.32. The molecule has 4 saturated carbocycles. The molecule has 2 heterocycles. The van der Waals surface area contributed by atoms with E-state index in [0.29, 0.717) is 24.8 Å². The molecule has 6 nitrogen and oxygen atoms in total. The number of carbonyl (C=O) groups is 2. The molecule has 6 aliphatic rings. The lowest BCUT2D eigenvalue weighted by Gasteiger charge is -2.60. The number of cyclic esters (lactones) is 1. The smallest absolute Gasteiger partial charge is 0.333 e. The number of Topliss-reactive ketones (excluding diaryl/α,β-unsaturated/α-hetero) is 1. The van der Waals surface area contributed by atoms with Crippen LogP contribution in [-0.2, 0) is 19.1 Å². The number of fused-ring (bicyclic) bond motifs is 4. The van der Waals surface area contributed by atoms with Gasteiger partial charge in [0.05, 0.1) is 23.7 Å². The third-order valence-electron chi connectivity index (χ3n) is 12.1. The molecule has 4 aliphatic carbocycles. The first-order valence-corrected chi connectivity index (χ1v) is 13.5. The summed E-state index contributed by atoms with van der Waals surface area (Å²) in [6.07, 6.45) is 6.90. The molecule has 0 bridgehead atoms. The van der Waals surface area contributed by atoms with Gasteiger partial charge in [-0.25, -0.2) is 4.79 Å². The Labute approximate surface area is 202 Å². The molecule has 0 amide bonds. The number of carbonyl (C=O) groups excluding carboxylic acids is 2. The second-order valence-corrected chi connectivity index (χ2v) is 12.8. The number of hydrogen-bond acceptors (Lipinski definition) is 6. The molecule has 6 rings (SSSR count). The molecule has 1 spiro atoms. The molecule has 2 aliphatic heterocycles. The maximum atomic E-state index is 13.4. The molecule has 1 saturated heterocycles. The predicted molar refractivity (Wildman–Crippen MR) is 125 cm³/mol. The molecule has 2 N–H and O–H groups in total. The maximum Gasteiger partial charge on any atom is 0.333 e. The van der Waals surface area contributed by atoms with E-state index in [1.807, 2.05) is 13.8 Å². The standard InChI is InChI=1S/C28H40O6/c1-15-12-21(33-24(31)16(15)2)17(3)27(32)11-8-19-18-13-23-28(34-23)9-5-6-22(30)26(28,14-29)20(18)7-10-25(19,27)4/h17-21,23,29,32H,5-14H2,1-4H3/t17-,18-,19-,20-,21+,23+,25+,26-,27-,28+/m0/s1. The van der Waals surface area contributed by atoms with Crippen LogP contribution in [0.4, 0.5) is 0 Å². The summed E-state index contributed by atoms with van der Waals surface area (Å²) in [4.78, 5) is 25.9. The Morgan fingerprint density at radius 2 is 1.85 bits per heavy atom. The fourth-order valence-corrected chi connectivity index (χ4v) is 9.88. The van der Waals surface area contributed by atoms with E-state index >= 15 is 0 Å². The summed E-state index contributed by atoms with van der Waals surface area (Å²) in [5.74, 6) is 0.441. The van der Waals surface area contributed by atoms with Crippen molar-refractivity contribution in [2.24, 2.45) is 34.5 Å². The van der Waals surface area contributed by atoms with E-state index in [9.17, 15) is 19.8 Å². The highest BCUT2D eigenvalue weighted by Crippen LogP contribution is 2.74. The van der Waals surface area contributed by atoms with Gasteiger partial charge in [-0.1, -0.05) is 19.4 Å². The van der Waals surface area contributed by atoms with Gasteiger partial charge in [0.15, 0.2) is 0 Å². The van der Waals surface area contributed by atoms with Crippen LogP contribution in [0.1, 0.15) is 85.5 Å². The van der Waals surface area contributed by atoms with Crippen LogP contribution in [-0.4, -0.2) is 52.0 Å². The van der Waals surface area contributed by atoms with E-state index in [1.54, 1.807) is 0 Å². The van der Waals surface area contributed by atoms with Gasteiger partial charge in [0.1, 0.15) is 17.5 Å². The van der Waals surface area contributed by atoms with Crippen LogP contribution in [0, 0.1) is 34.5 Å². The molecule has 10 atom stereocenters. The zero-order valence-electron chi connectivity index (χ0n) is 21.1. The zero-order valence-corrected chi connectivity index (χ0v) is 21.1. The number of epoxide rings is 1. The average Bonchev–Trinajstić information content (AvgIpc) is 3.44. The van der Waals surface area contributed by atoms with Crippen molar-refractivity contribution in [3.8, 4) is 0 Å². The summed E-state index contributed by atoms with van der Waals surface area (Å²) in [6.45, 7) is 7.98. The first kappa shape index (κ1) is 23.2.